The number of nitro benzene ring substituents is 1. The lowest BCUT2D eigenvalue weighted by Gasteiger charge is -2.30. The van der Waals surface area contributed by atoms with Crippen LogP contribution in [-0.2, 0) is 4.74 Å². The smallest absolute Gasteiger partial charge is 0.288 e. The van der Waals surface area contributed by atoms with Crippen LogP contribution < -0.4 is 15.2 Å². The number of piperidine rings is 1. The molecule has 1 N–H and O–H groups in total. The molecule has 5 rings (SSSR count). The van der Waals surface area contributed by atoms with Crippen LogP contribution >= 0.6 is 11.6 Å². The van der Waals surface area contributed by atoms with Gasteiger partial charge in [-0.15, -0.1) is 0 Å². The second-order valence-electron chi connectivity index (χ2n) is 8.40. The molecule has 188 valence electrons. The normalized spacial score (nSPS) is 16.5. The number of rotatable bonds is 7. The van der Waals surface area contributed by atoms with Gasteiger partial charge in [-0.1, -0.05) is 11.6 Å². The predicted molar refractivity (Wildman–Crippen MR) is 136 cm³/mol. The zero-order valence-corrected chi connectivity index (χ0v) is 20.2. The van der Waals surface area contributed by atoms with Gasteiger partial charge in [0, 0.05) is 37.8 Å². The summed E-state index contributed by atoms with van der Waals surface area (Å²) >= 11 is 5.90. The van der Waals surface area contributed by atoms with E-state index in [4.69, 9.17) is 25.7 Å². The Morgan fingerprint density at radius 3 is 2.44 bits per heavy atom. The van der Waals surface area contributed by atoms with Crippen molar-refractivity contribution in [3.63, 3.8) is 0 Å². The van der Waals surface area contributed by atoms with Crippen LogP contribution in [-0.4, -0.2) is 65.5 Å². The maximum atomic E-state index is 11.2. The first kappa shape index (κ1) is 23.9. The Balaban J connectivity index is 1.33. The third kappa shape index (κ3) is 5.55. The van der Waals surface area contributed by atoms with E-state index in [0.29, 0.717) is 61.2 Å². The Labute approximate surface area is 212 Å². The SMILES string of the molecule is O=[N+]([O-])c1cc(-c2ccc(/C=N\Nc3nc(N4CCCCC4)nc(N4CCOCC4)n3)o2)ccc1Cl. The van der Waals surface area contributed by atoms with Gasteiger partial charge in [0.05, 0.1) is 24.4 Å². The van der Waals surface area contributed by atoms with Crippen molar-refractivity contribution in [1.29, 1.82) is 0 Å². The molecule has 3 aromatic rings. The molecular formula is C23H25ClN8O4. The Morgan fingerprint density at radius 1 is 1.00 bits per heavy atom. The van der Waals surface area contributed by atoms with E-state index in [1.54, 1.807) is 18.2 Å². The number of nitrogens with one attached hydrogen (secondary N) is 1. The number of halogens is 1. The van der Waals surface area contributed by atoms with Crippen LogP contribution in [0.3, 0.4) is 0 Å². The minimum absolute atomic E-state index is 0.0685. The summed E-state index contributed by atoms with van der Waals surface area (Å²) in [5, 5.41) is 15.5. The second kappa shape index (κ2) is 10.9. The molecule has 2 fully saturated rings. The van der Waals surface area contributed by atoms with Crippen molar-refractivity contribution in [3.05, 3.63) is 51.2 Å². The summed E-state index contributed by atoms with van der Waals surface area (Å²) in [7, 11) is 0. The molecule has 0 saturated carbocycles. The lowest BCUT2D eigenvalue weighted by atomic mass is 10.1. The minimum atomic E-state index is -0.529. The van der Waals surface area contributed by atoms with Gasteiger partial charge >= 0.3 is 0 Å². The number of morpholine rings is 1. The van der Waals surface area contributed by atoms with E-state index < -0.39 is 4.92 Å². The third-order valence-corrected chi connectivity index (χ3v) is 6.27. The van der Waals surface area contributed by atoms with Crippen LogP contribution in [0.25, 0.3) is 11.3 Å². The number of hydrogen-bond donors (Lipinski definition) is 1. The molecule has 4 heterocycles. The van der Waals surface area contributed by atoms with Crippen LogP contribution in [0.2, 0.25) is 5.02 Å². The molecule has 0 bridgehead atoms. The van der Waals surface area contributed by atoms with Crippen molar-refractivity contribution >= 4 is 41.3 Å². The largest absolute Gasteiger partial charge is 0.455 e. The van der Waals surface area contributed by atoms with Crippen LogP contribution in [0.5, 0.6) is 0 Å². The fraction of sp³-hybridized carbons (Fsp3) is 0.391. The number of nitro groups is 1. The Hall–Kier alpha value is -3.77. The van der Waals surface area contributed by atoms with Crippen LogP contribution in [0.1, 0.15) is 25.0 Å². The summed E-state index contributed by atoms with van der Waals surface area (Å²) < 4.78 is 11.2. The van der Waals surface area contributed by atoms with E-state index in [-0.39, 0.29) is 10.7 Å². The number of aromatic nitrogens is 3. The van der Waals surface area contributed by atoms with Crippen molar-refractivity contribution in [2.45, 2.75) is 19.3 Å². The molecule has 0 spiro atoms. The van der Waals surface area contributed by atoms with E-state index in [1.165, 1.54) is 24.8 Å². The standard InChI is InChI=1S/C23H25ClN8O4/c24-18-6-4-16(14-19(18)32(33)34)20-7-5-17(36-20)15-25-29-21-26-22(30-8-2-1-3-9-30)28-23(27-21)31-10-12-35-13-11-31/h4-7,14-15H,1-3,8-13H2,(H,26,27,28,29)/b25-15-. The molecule has 36 heavy (non-hydrogen) atoms. The number of anilines is 3. The van der Waals surface area contributed by atoms with Gasteiger partial charge in [0.1, 0.15) is 16.5 Å². The molecule has 1 aromatic carbocycles. The quantitative estimate of drug-likeness (QED) is 0.281. The average Bonchev–Trinajstić information content (AvgIpc) is 3.38. The zero-order chi connectivity index (χ0) is 24.9. The Morgan fingerprint density at radius 2 is 1.72 bits per heavy atom. The van der Waals surface area contributed by atoms with Crippen molar-refractivity contribution in [2.24, 2.45) is 5.10 Å². The molecule has 0 unspecified atom stereocenters. The summed E-state index contributed by atoms with van der Waals surface area (Å²) in [6.45, 7) is 4.50. The molecular weight excluding hydrogens is 488 g/mol. The number of hydrazone groups is 1. The van der Waals surface area contributed by atoms with E-state index in [0.717, 1.165) is 25.9 Å². The van der Waals surface area contributed by atoms with E-state index in [1.807, 2.05) is 0 Å². The summed E-state index contributed by atoms with van der Waals surface area (Å²) in [4.78, 5) is 28.8. The molecule has 2 saturated heterocycles. The average molecular weight is 513 g/mol. The molecule has 2 aromatic heterocycles. The minimum Gasteiger partial charge on any atom is -0.455 e. The van der Waals surface area contributed by atoms with E-state index >= 15 is 0 Å². The molecule has 2 aliphatic rings. The first-order valence-electron chi connectivity index (χ1n) is 11.7. The predicted octanol–water partition coefficient (Wildman–Crippen LogP) is 3.97. The van der Waals surface area contributed by atoms with Gasteiger partial charge in [-0.3, -0.25) is 10.1 Å². The van der Waals surface area contributed by atoms with E-state index in [2.05, 4.69) is 30.3 Å². The molecule has 12 nitrogen and oxygen atoms in total. The second-order valence-corrected chi connectivity index (χ2v) is 8.81. The van der Waals surface area contributed by atoms with Gasteiger partial charge in [0.25, 0.3) is 5.69 Å². The van der Waals surface area contributed by atoms with Gasteiger partial charge in [-0.2, -0.15) is 20.1 Å². The number of nitrogens with zero attached hydrogens (tertiary/aromatic N) is 7. The highest BCUT2D eigenvalue weighted by Crippen LogP contribution is 2.31. The fourth-order valence-corrected chi connectivity index (χ4v) is 4.27. The molecule has 2 aliphatic heterocycles. The Bertz CT molecular complexity index is 1220. The monoisotopic (exact) mass is 512 g/mol. The van der Waals surface area contributed by atoms with Gasteiger partial charge in [-0.25, -0.2) is 5.43 Å². The third-order valence-electron chi connectivity index (χ3n) is 5.96. The van der Waals surface area contributed by atoms with Crippen molar-refractivity contribution in [2.75, 3.05) is 54.6 Å². The molecule has 13 heteroatoms. The van der Waals surface area contributed by atoms with Crippen molar-refractivity contribution < 1.29 is 14.1 Å². The molecule has 0 aliphatic carbocycles. The first-order valence-corrected chi connectivity index (χ1v) is 12.1. The topological polar surface area (TPSA) is 135 Å². The lowest BCUT2D eigenvalue weighted by molar-refractivity contribution is -0.384. The van der Waals surface area contributed by atoms with Crippen LogP contribution in [0, 0.1) is 10.1 Å². The maximum Gasteiger partial charge on any atom is 0.288 e. The summed E-state index contributed by atoms with van der Waals surface area (Å²) in [6, 6.07) is 7.93. The van der Waals surface area contributed by atoms with Gasteiger partial charge < -0.3 is 19.0 Å². The number of ether oxygens (including phenoxy) is 1. The van der Waals surface area contributed by atoms with Crippen molar-refractivity contribution in [3.8, 4) is 11.3 Å². The van der Waals surface area contributed by atoms with Crippen LogP contribution in [0.15, 0.2) is 39.9 Å². The van der Waals surface area contributed by atoms with Gasteiger partial charge in [0.2, 0.25) is 17.8 Å². The summed E-state index contributed by atoms with van der Waals surface area (Å²) in [6.07, 6.45) is 4.92. The Kier molecular flexibility index (Phi) is 7.23. The van der Waals surface area contributed by atoms with Gasteiger partial charge in [-0.05, 0) is 43.5 Å². The van der Waals surface area contributed by atoms with Gasteiger partial charge in [0.15, 0.2) is 0 Å². The number of hydrogen-bond acceptors (Lipinski definition) is 11. The fourth-order valence-electron chi connectivity index (χ4n) is 4.08. The highest BCUT2D eigenvalue weighted by molar-refractivity contribution is 6.32. The van der Waals surface area contributed by atoms with Crippen molar-refractivity contribution in [1.82, 2.24) is 15.0 Å². The first-order chi connectivity index (χ1) is 17.6. The summed E-state index contributed by atoms with van der Waals surface area (Å²) in [5.74, 6) is 2.47. The maximum absolute atomic E-state index is 11.2. The number of benzene rings is 1. The highest BCUT2D eigenvalue weighted by atomic mass is 35.5. The number of furan rings is 1. The highest BCUT2D eigenvalue weighted by Gasteiger charge is 2.20. The zero-order valence-electron chi connectivity index (χ0n) is 19.5. The van der Waals surface area contributed by atoms with Crippen LogP contribution in [0.4, 0.5) is 23.5 Å². The molecule has 0 amide bonds. The molecule has 0 atom stereocenters. The lowest BCUT2D eigenvalue weighted by Crippen LogP contribution is -2.38. The summed E-state index contributed by atoms with van der Waals surface area (Å²) in [5.41, 5.74) is 3.25. The van der Waals surface area contributed by atoms with E-state index in [9.17, 15) is 10.1 Å². The molecule has 0 radical (unpaired) electrons.